The quantitative estimate of drug-likeness (QED) is 0.582. The lowest BCUT2D eigenvalue weighted by Crippen LogP contribution is -2.36. The van der Waals surface area contributed by atoms with E-state index in [0.29, 0.717) is 11.0 Å². The van der Waals surface area contributed by atoms with Crippen molar-refractivity contribution < 1.29 is 4.79 Å². The van der Waals surface area contributed by atoms with Crippen molar-refractivity contribution in [2.24, 2.45) is 11.3 Å². The van der Waals surface area contributed by atoms with Crippen molar-refractivity contribution in [2.45, 2.75) is 39.5 Å². The standard InChI is InChI=1S/C16H23ClN2O/c1-4-16(2)9-12(10-16)7-8-19(3)14-6-5-13(11-20)15(17)18-14/h5-6,11-12H,4,7-10H2,1-3H3. The Bertz CT molecular complexity index is 483. The molecule has 0 amide bonds. The summed E-state index contributed by atoms with van der Waals surface area (Å²) in [5, 5.41) is 0.284. The summed E-state index contributed by atoms with van der Waals surface area (Å²) in [4.78, 5) is 17.1. The van der Waals surface area contributed by atoms with Crippen LogP contribution in [0.3, 0.4) is 0 Å². The predicted molar refractivity (Wildman–Crippen MR) is 83.6 cm³/mol. The zero-order valence-electron chi connectivity index (χ0n) is 12.5. The molecule has 1 saturated carbocycles. The van der Waals surface area contributed by atoms with Gasteiger partial charge in [-0.25, -0.2) is 4.98 Å². The van der Waals surface area contributed by atoms with Gasteiger partial charge in [-0.2, -0.15) is 0 Å². The minimum absolute atomic E-state index is 0.284. The number of aldehydes is 1. The third-order valence-electron chi connectivity index (χ3n) is 4.67. The molecule has 0 atom stereocenters. The van der Waals surface area contributed by atoms with Crippen LogP contribution >= 0.6 is 11.6 Å². The Hall–Kier alpha value is -1.09. The molecule has 0 aliphatic heterocycles. The summed E-state index contributed by atoms with van der Waals surface area (Å²) in [5.41, 5.74) is 1.03. The highest BCUT2D eigenvalue weighted by Crippen LogP contribution is 2.49. The van der Waals surface area contributed by atoms with Gasteiger partial charge >= 0.3 is 0 Å². The van der Waals surface area contributed by atoms with E-state index in [4.69, 9.17) is 11.6 Å². The highest BCUT2D eigenvalue weighted by Gasteiger charge is 2.38. The van der Waals surface area contributed by atoms with Crippen LogP contribution in [-0.2, 0) is 0 Å². The lowest BCUT2D eigenvalue weighted by Gasteiger charge is -2.45. The Labute approximate surface area is 126 Å². The summed E-state index contributed by atoms with van der Waals surface area (Å²) in [6.45, 7) is 5.64. The first-order chi connectivity index (χ1) is 9.47. The molecule has 0 saturated heterocycles. The molecule has 4 heteroatoms. The number of carbonyl (C=O) groups is 1. The first kappa shape index (κ1) is 15.3. The molecule has 0 aromatic carbocycles. The molecule has 1 aromatic rings. The van der Waals surface area contributed by atoms with Crippen molar-refractivity contribution in [3.05, 3.63) is 22.8 Å². The summed E-state index contributed by atoms with van der Waals surface area (Å²) < 4.78 is 0. The van der Waals surface area contributed by atoms with Gasteiger partial charge in [0.05, 0.1) is 5.56 Å². The fourth-order valence-electron chi connectivity index (χ4n) is 3.05. The van der Waals surface area contributed by atoms with Crippen LogP contribution in [0, 0.1) is 11.3 Å². The monoisotopic (exact) mass is 294 g/mol. The van der Waals surface area contributed by atoms with Crippen LogP contribution in [0.1, 0.15) is 49.9 Å². The third kappa shape index (κ3) is 3.32. The van der Waals surface area contributed by atoms with E-state index < -0.39 is 0 Å². The molecule has 1 aliphatic rings. The molecule has 1 heterocycles. The maximum Gasteiger partial charge on any atom is 0.153 e. The number of anilines is 1. The van der Waals surface area contributed by atoms with E-state index in [1.807, 2.05) is 13.1 Å². The Balaban J connectivity index is 1.85. The number of carbonyl (C=O) groups excluding carboxylic acids is 1. The summed E-state index contributed by atoms with van der Waals surface area (Å²) in [6.07, 6.45) is 5.90. The summed E-state index contributed by atoms with van der Waals surface area (Å²) in [7, 11) is 2.02. The first-order valence-corrected chi connectivity index (χ1v) is 7.68. The van der Waals surface area contributed by atoms with E-state index in [-0.39, 0.29) is 5.15 Å². The van der Waals surface area contributed by atoms with Crippen LogP contribution in [-0.4, -0.2) is 24.9 Å². The normalized spacial score (nSPS) is 25.1. The topological polar surface area (TPSA) is 33.2 Å². The number of halogens is 1. The maximum absolute atomic E-state index is 10.7. The Kier molecular flexibility index (Phi) is 4.69. The fourth-order valence-corrected chi connectivity index (χ4v) is 3.25. The number of hydrogen-bond acceptors (Lipinski definition) is 3. The van der Waals surface area contributed by atoms with Gasteiger partial charge in [0, 0.05) is 13.6 Å². The highest BCUT2D eigenvalue weighted by molar-refractivity contribution is 6.31. The van der Waals surface area contributed by atoms with Gasteiger partial charge in [0.1, 0.15) is 11.0 Å². The van der Waals surface area contributed by atoms with Crippen molar-refractivity contribution >= 4 is 23.7 Å². The lowest BCUT2D eigenvalue weighted by atomic mass is 9.61. The molecule has 0 spiro atoms. The van der Waals surface area contributed by atoms with Crippen molar-refractivity contribution in [3.63, 3.8) is 0 Å². The van der Waals surface area contributed by atoms with Crippen LogP contribution in [0.5, 0.6) is 0 Å². The van der Waals surface area contributed by atoms with Gasteiger partial charge in [-0.15, -0.1) is 0 Å². The molecule has 1 aromatic heterocycles. The largest absolute Gasteiger partial charge is 0.360 e. The molecule has 110 valence electrons. The van der Waals surface area contributed by atoms with Crippen LogP contribution < -0.4 is 4.90 Å². The molecular weight excluding hydrogens is 272 g/mol. The Morgan fingerprint density at radius 3 is 2.75 bits per heavy atom. The summed E-state index contributed by atoms with van der Waals surface area (Å²) in [6, 6.07) is 3.58. The third-order valence-corrected chi connectivity index (χ3v) is 4.97. The van der Waals surface area contributed by atoms with Gasteiger partial charge in [-0.1, -0.05) is 31.9 Å². The second-order valence-corrected chi connectivity index (χ2v) is 6.67. The van der Waals surface area contributed by atoms with Crippen molar-refractivity contribution in [2.75, 3.05) is 18.5 Å². The SMILES string of the molecule is CCC1(C)CC(CCN(C)c2ccc(C=O)c(Cl)n2)C1. The van der Waals surface area contributed by atoms with Crippen LogP contribution in [0.25, 0.3) is 0 Å². The second-order valence-electron chi connectivity index (χ2n) is 6.32. The second kappa shape index (κ2) is 6.13. The van der Waals surface area contributed by atoms with Gasteiger partial charge < -0.3 is 4.90 Å². The molecular formula is C16H23ClN2O. The lowest BCUT2D eigenvalue weighted by molar-refractivity contribution is 0.0665. The first-order valence-electron chi connectivity index (χ1n) is 7.30. The molecule has 2 rings (SSSR count). The number of pyridine rings is 1. The molecule has 20 heavy (non-hydrogen) atoms. The highest BCUT2D eigenvalue weighted by atomic mass is 35.5. The zero-order chi connectivity index (χ0) is 14.8. The molecule has 0 unspecified atom stereocenters. The van der Waals surface area contributed by atoms with E-state index in [2.05, 4.69) is 23.7 Å². The average molecular weight is 295 g/mol. The average Bonchev–Trinajstić information content (AvgIpc) is 2.41. The molecule has 0 N–H and O–H groups in total. The Morgan fingerprint density at radius 2 is 2.20 bits per heavy atom. The summed E-state index contributed by atoms with van der Waals surface area (Å²) in [5.74, 6) is 1.67. The zero-order valence-corrected chi connectivity index (χ0v) is 13.3. The number of rotatable bonds is 6. The number of hydrogen-bond donors (Lipinski definition) is 0. The van der Waals surface area contributed by atoms with Crippen LogP contribution in [0.4, 0.5) is 5.82 Å². The number of nitrogens with zero attached hydrogens (tertiary/aromatic N) is 2. The molecule has 1 aliphatic carbocycles. The molecule has 1 fully saturated rings. The van der Waals surface area contributed by atoms with E-state index >= 15 is 0 Å². The van der Waals surface area contributed by atoms with Crippen LogP contribution in [0.2, 0.25) is 5.15 Å². The van der Waals surface area contributed by atoms with Gasteiger partial charge in [-0.05, 0) is 42.7 Å². The van der Waals surface area contributed by atoms with Crippen molar-refractivity contribution in [1.29, 1.82) is 0 Å². The fraction of sp³-hybridized carbons (Fsp3) is 0.625. The van der Waals surface area contributed by atoms with E-state index in [0.717, 1.165) is 24.6 Å². The van der Waals surface area contributed by atoms with Crippen LogP contribution in [0.15, 0.2) is 12.1 Å². The Morgan fingerprint density at radius 1 is 1.50 bits per heavy atom. The van der Waals surface area contributed by atoms with Gasteiger partial charge in [0.15, 0.2) is 6.29 Å². The van der Waals surface area contributed by atoms with Crippen molar-refractivity contribution in [3.8, 4) is 0 Å². The van der Waals surface area contributed by atoms with Gasteiger partial charge in [-0.3, -0.25) is 4.79 Å². The molecule has 0 radical (unpaired) electrons. The van der Waals surface area contributed by atoms with Crippen molar-refractivity contribution in [1.82, 2.24) is 4.98 Å². The van der Waals surface area contributed by atoms with E-state index in [9.17, 15) is 4.79 Å². The number of aromatic nitrogens is 1. The minimum atomic E-state index is 0.284. The van der Waals surface area contributed by atoms with Gasteiger partial charge in [0.25, 0.3) is 0 Å². The van der Waals surface area contributed by atoms with E-state index in [1.54, 1.807) is 6.07 Å². The summed E-state index contributed by atoms with van der Waals surface area (Å²) >= 11 is 5.96. The smallest absolute Gasteiger partial charge is 0.153 e. The predicted octanol–water partition coefficient (Wildman–Crippen LogP) is 4.20. The van der Waals surface area contributed by atoms with E-state index in [1.165, 1.54) is 25.7 Å². The molecule has 0 bridgehead atoms. The maximum atomic E-state index is 10.7. The van der Waals surface area contributed by atoms with Gasteiger partial charge in [0.2, 0.25) is 0 Å². The molecule has 3 nitrogen and oxygen atoms in total. The minimum Gasteiger partial charge on any atom is -0.360 e.